The van der Waals surface area contributed by atoms with Gasteiger partial charge in [-0.3, -0.25) is 4.79 Å². The Morgan fingerprint density at radius 3 is 2.26 bits per heavy atom. The lowest BCUT2D eigenvalue weighted by molar-refractivity contribution is 0.0923. The summed E-state index contributed by atoms with van der Waals surface area (Å²) in [6.45, 7) is 1.71. The summed E-state index contributed by atoms with van der Waals surface area (Å²) in [5.41, 5.74) is 1.35. The smallest absolute Gasteiger partial charge is 0.259 e. The molecule has 0 aliphatic carbocycles. The van der Waals surface area contributed by atoms with Crippen molar-refractivity contribution in [3.63, 3.8) is 0 Å². The maximum absolute atomic E-state index is 13.0. The van der Waals surface area contributed by atoms with Gasteiger partial charge in [0.05, 0.1) is 14.2 Å². The molecule has 3 aromatic rings. The van der Waals surface area contributed by atoms with Crippen LogP contribution < -0.4 is 14.8 Å². The van der Waals surface area contributed by atoms with Gasteiger partial charge in [-0.15, -0.1) is 10.2 Å². The van der Waals surface area contributed by atoms with Crippen LogP contribution in [0.3, 0.4) is 0 Å². The zero-order chi connectivity index (χ0) is 19.2. The molecule has 0 bridgehead atoms. The highest BCUT2D eigenvalue weighted by Crippen LogP contribution is 2.29. The number of amides is 1. The quantitative estimate of drug-likeness (QED) is 0.690. The highest BCUT2D eigenvalue weighted by molar-refractivity contribution is 5.99. The van der Waals surface area contributed by atoms with E-state index in [-0.39, 0.29) is 5.91 Å². The number of rotatable bonds is 7. The number of carbonyl (C=O) groups excluding carboxylic acids is 1. The molecule has 0 aliphatic rings. The van der Waals surface area contributed by atoms with Gasteiger partial charge in [0.1, 0.15) is 23.1 Å². The minimum absolute atomic E-state index is 0.316. The van der Waals surface area contributed by atoms with E-state index in [2.05, 4.69) is 15.5 Å². The molecule has 1 N–H and O–H groups in total. The van der Waals surface area contributed by atoms with Crippen molar-refractivity contribution in [1.29, 1.82) is 0 Å². The zero-order valence-corrected chi connectivity index (χ0v) is 15.4. The first kappa shape index (κ1) is 18.4. The molecule has 0 spiro atoms. The molecule has 2 aromatic carbocycles. The molecule has 7 heteroatoms. The average molecular weight is 367 g/mol. The molecule has 0 aliphatic heterocycles. The van der Waals surface area contributed by atoms with Crippen molar-refractivity contribution in [2.45, 2.75) is 19.4 Å². The highest BCUT2D eigenvalue weighted by Gasteiger charge is 2.25. The van der Waals surface area contributed by atoms with Gasteiger partial charge in [0.2, 0.25) is 11.8 Å². The van der Waals surface area contributed by atoms with Gasteiger partial charge in [0, 0.05) is 13.3 Å². The maximum atomic E-state index is 13.0. The summed E-state index contributed by atoms with van der Waals surface area (Å²) in [4.78, 5) is 13.0. The first-order valence-corrected chi connectivity index (χ1v) is 8.48. The van der Waals surface area contributed by atoms with E-state index < -0.39 is 6.04 Å². The van der Waals surface area contributed by atoms with E-state index in [0.29, 0.717) is 35.3 Å². The Labute approximate surface area is 157 Å². The number of nitrogens with one attached hydrogen (secondary N) is 1. The van der Waals surface area contributed by atoms with E-state index in [1.807, 2.05) is 30.3 Å². The normalized spacial score (nSPS) is 11.7. The van der Waals surface area contributed by atoms with Gasteiger partial charge >= 0.3 is 0 Å². The van der Waals surface area contributed by atoms with Gasteiger partial charge in [-0.25, -0.2) is 0 Å². The molecule has 0 saturated carbocycles. The fourth-order valence-electron chi connectivity index (χ4n) is 2.81. The number of benzene rings is 2. The number of methoxy groups -OCH3 is 2. The van der Waals surface area contributed by atoms with Crippen molar-refractivity contribution in [2.24, 2.45) is 0 Å². The summed E-state index contributed by atoms with van der Waals surface area (Å²) in [6.07, 6.45) is 0.506. The second-order valence-electron chi connectivity index (χ2n) is 5.91. The minimum Gasteiger partial charge on any atom is -0.496 e. The average Bonchev–Trinajstić information content (AvgIpc) is 3.13. The van der Waals surface area contributed by atoms with Crippen molar-refractivity contribution < 1.29 is 18.7 Å². The number of carbonyl (C=O) groups is 1. The third kappa shape index (κ3) is 4.25. The molecule has 1 amide bonds. The first-order chi connectivity index (χ1) is 13.1. The minimum atomic E-state index is -0.490. The van der Waals surface area contributed by atoms with Crippen molar-refractivity contribution in [3.8, 4) is 11.5 Å². The molecular formula is C20H21N3O4. The maximum Gasteiger partial charge on any atom is 0.259 e. The van der Waals surface area contributed by atoms with E-state index in [1.165, 1.54) is 14.2 Å². The summed E-state index contributed by atoms with van der Waals surface area (Å²) in [5, 5.41) is 10.9. The van der Waals surface area contributed by atoms with Crippen LogP contribution in [0.25, 0.3) is 0 Å². The second-order valence-corrected chi connectivity index (χ2v) is 5.91. The van der Waals surface area contributed by atoms with Crippen LogP contribution in [0.2, 0.25) is 0 Å². The van der Waals surface area contributed by atoms with Gasteiger partial charge in [-0.05, 0) is 17.7 Å². The second kappa shape index (κ2) is 8.35. The molecule has 1 atom stereocenters. The topological polar surface area (TPSA) is 86.5 Å². The zero-order valence-electron chi connectivity index (χ0n) is 15.4. The van der Waals surface area contributed by atoms with Gasteiger partial charge in [-0.1, -0.05) is 36.4 Å². The van der Waals surface area contributed by atoms with E-state index in [0.717, 1.165) is 5.56 Å². The van der Waals surface area contributed by atoms with E-state index in [4.69, 9.17) is 13.9 Å². The molecular weight excluding hydrogens is 346 g/mol. The van der Waals surface area contributed by atoms with Gasteiger partial charge in [0.15, 0.2) is 0 Å². The fraction of sp³-hybridized carbons (Fsp3) is 0.250. The first-order valence-electron chi connectivity index (χ1n) is 8.48. The van der Waals surface area contributed by atoms with Crippen molar-refractivity contribution in [2.75, 3.05) is 14.2 Å². The van der Waals surface area contributed by atoms with E-state index in [9.17, 15) is 4.79 Å². The number of nitrogens with zero attached hydrogens (tertiary/aromatic N) is 2. The van der Waals surface area contributed by atoms with Crippen LogP contribution >= 0.6 is 0 Å². The lowest BCUT2D eigenvalue weighted by Gasteiger charge is -2.18. The lowest BCUT2D eigenvalue weighted by Crippen LogP contribution is -2.31. The molecule has 1 aromatic heterocycles. The number of ether oxygens (including phenoxy) is 2. The van der Waals surface area contributed by atoms with E-state index in [1.54, 1.807) is 25.1 Å². The van der Waals surface area contributed by atoms with Gasteiger partial charge in [-0.2, -0.15) is 0 Å². The summed E-state index contributed by atoms with van der Waals surface area (Å²) in [5.74, 6) is 1.28. The van der Waals surface area contributed by atoms with Crippen molar-refractivity contribution >= 4 is 5.91 Å². The van der Waals surface area contributed by atoms with Crippen LogP contribution in [0.15, 0.2) is 52.9 Å². The predicted octanol–water partition coefficient (Wildman–Crippen LogP) is 3.11. The molecule has 1 unspecified atom stereocenters. The molecule has 0 saturated heterocycles. The van der Waals surface area contributed by atoms with Crippen LogP contribution in [0, 0.1) is 6.92 Å². The molecule has 1 heterocycles. The molecule has 3 rings (SSSR count). The summed E-state index contributed by atoms with van der Waals surface area (Å²) >= 11 is 0. The Morgan fingerprint density at radius 2 is 1.70 bits per heavy atom. The lowest BCUT2D eigenvalue weighted by atomic mass is 10.0. The third-order valence-electron chi connectivity index (χ3n) is 4.08. The Hall–Kier alpha value is -3.35. The van der Waals surface area contributed by atoms with Crippen LogP contribution in [0.5, 0.6) is 11.5 Å². The summed E-state index contributed by atoms with van der Waals surface area (Å²) in [7, 11) is 3.02. The standard InChI is InChI=1S/C20H21N3O4/c1-13-22-23-20(27-13)15(12-14-8-5-4-6-9-14)21-19(24)18-16(25-2)10-7-11-17(18)26-3/h4-11,15H,12H2,1-3H3,(H,21,24). The fourth-order valence-corrected chi connectivity index (χ4v) is 2.81. The van der Waals surface area contributed by atoms with Crippen molar-refractivity contribution in [1.82, 2.24) is 15.5 Å². The number of hydrogen-bond donors (Lipinski definition) is 1. The number of hydrogen-bond acceptors (Lipinski definition) is 6. The third-order valence-corrected chi connectivity index (χ3v) is 4.08. The summed E-state index contributed by atoms with van der Waals surface area (Å²) < 4.78 is 16.2. The number of aromatic nitrogens is 2. The molecule has 27 heavy (non-hydrogen) atoms. The summed E-state index contributed by atoms with van der Waals surface area (Å²) in [6, 6.07) is 14.5. The molecule has 0 radical (unpaired) electrons. The SMILES string of the molecule is COc1cccc(OC)c1C(=O)NC(Cc1ccccc1)c1nnc(C)o1. The number of aryl methyl sites for hydroxylation is 1. The Balaban J connectivity index is 1.91. The monoisotopic (exact) mass is 367 g/mol. The van der Waals surface area contributed by atoms with Crippen LogP contribution in [-0.2, 0) is 6.42 Å². The van der Waals surface area contributed by atoms with Crippen LogP contribution in [0.4, 0.5) is 0 Å². The molecule has 140 valence electrons. The highest BCUT2D eigenvalue weighted by atomic mass is 16.5. The Bertz CT molecular complexity index is 886. The molecule has 7 nitrogen and oxygen atoms in total. The van der Waals surface area contributed by atoms with Crippen LogP contribution in [-0.4, -0.2) is 30.3 Å². The largest absolute Gasteiger partial charge is 0.496 e. The van der Waals surface area contributed by atoms with Crippen LogP contribution in [0.1, 0.15) is 33.7 Å². The Morgan fingerprint density at radius 1 is 1.04 bits per heavy atom. The van der Waals surface area contributed by atoms with Gasteiger partial charge in [0.25, 0.3) is 5.91 Å². The molecule has 0 fully saturated rings. The van der Waals surface area contributed by atoms with Crippen molar-refractivity contribution in [3.05, 3.63) is 71.4 Å². The Kier molecular flexibility index (Phi) is 5.71. The van der Waals surface area contributed by atoms with Gasteiger partial charge < -0.3 is 19.2 Å². The predicted molar refractivity (Wildman–Crippen MR) is 98.9 cm³/mol. The van der Waals surface area contributed by atoms with E-state index >= 15 is 0 Å².